The maximum absolute atomic E-state index is 12.1. The number of halogens is 1. The molecule has 0 spiro atoms. The molecule has 32 heavy (non-hydrogen) atoms. The molecule has 1 aromatic rings. The molecule has 1 saturated heterocycles. The molecule has 8 heteroatoms. The van der Waals surface area contributed by atoms with E-state index in [-0.39, 0.29) is 42.0 Å². The van der Waals surface area contributed by atoms with Crippen LogP contribution in [0.4, 0.5) is 0 Å². The topological polar surface area (TPSA) is 75.2 Å². The van der Waals surface area contributed by atoms with E-state index in [0.717, 1.165) is 55.4 Å². The van der Waals surface area contributed by atoms with Crippen LogP contribution in [0, 0.1) is 0 Å². The van der Waals surface area contributed by atoms with E-state index < -0.39 is 0 Å². The first kappa shape index (κ1) is 28.3. The number of rotatable bonds is 12. The highest BCUT2D eigenvalue weighted by molar-refractivity contribution is 14.0. The average molecular weight is 561 g/mol. The van der Waals surface area contributed by atoms with E-state index in [0.29, 0.717) is 26.2 Å². The summed E-state index contributed by atoms with van der Waals surface area (Å²) in [6.07, 6.45) is 3.51. The number of nitrogens with zero attached hydrogens (tertiary/aromatic N) is 2. The van der Waals surface area contributed by atoms with Crippen LogP contribution in [0.15, 0.2) is 23.2 Å². The zero-order valence-electron chi connectivity index (χ0n) is 20.3. The second kappa shape index (κ2) is 15.2. The number of ether oxygens (including phenoxy) is 2. The van der Waals surface area contributed by atoms with Gasteiger partial charge in [0.2, 0.25) is 5.91 Å². The molecule has 1 aliphatic rings. The quantitative estimate of drug-likeness (QED) is 0.224. The van der Waals surface area contributed by atoms with Gasteiger partial charge in [0, 0.05) is 32.1 Å². The first-order valence-corrected chi connectivity index (χ1v) is 11.8. The maximum atomic E-state index is 12.1. The predicted octanol–water partition coefficient (Wildman–Crippen LogP) is 4.51. The molecule has 0 aromatic heterocycles. The average Bonchev–Trinajstić information content (AvgIpc) is 3.18. The minimum absolute atomic E-state index is 0. The van der Waals surface area contributed by atoms with Gasteiger partial charge in [-0.05, 0) is 64.7 Å². The number of nitrogens with one attached hydrogen (secondary N) is 2. The van der Waals surface area contributed by atoms with Crippen LogP contribution in [0.5, 0.6) is 11.5 Å². The third-order valence-electron chi connectivity index (χ3n) is 5.52. The Morgan fingerprint density at radius 3 is 2.47 bits per heavy atom. The molecule has 2 unspecified atom stereocenters. The molecule has 0 radical (unpaired) electrons. The number of carbonyl (C=O) groups excluding carboxylic acids is 1. The summed E-state index contributed by atoms with van der Waals surface area (Å²) in [6.45, 7) is 13.8. The van der Waals surface area contributed by atoms with Gasteiger partial charge in [0.1, 0.15) is 0 Å². The standard InChI is InChI=1S/C24H40N4O3.HI/c1-6-20(28-16-10-11-23(28)29)14-15-26-24(25-7-2)27-18(5)19-12-13-21(30-8-3)22(17-19)31-9-4;/h12-13,17-18,20H,6-11,14-16H2,1-5H3,(H2,25,26,27);1H. The molecular formula is C24H41IN4O3. The van der Waals surface area contributed by atoms with Crippen LogP contribution < -0.4 is 20.1 Å². The van der Waals surface area contributed by atoms with E-state index in [1.807, 2.05) is 30.9 Å². The first-order chi connectivity index (χ1) is 15.0. The van der Waals surface area contributed by atoms with Crippen LogP contribution in [0.25, 0.3) is 0 Å². The molecular weight excluding hydrogens is 519 g/mol. The SMILES string of the molecule is CCNC(=NCCC(CC)N1CCCC1=O)NC(C)c1ccc(OCC)c(OCC)c1.I. The van der Waals surface area contributed by atoms with Crippen molar-refractivity contribution in [1.29, 1.82) is 0 Å². The lowest BCUT2D eigenvalue weighted by Gasteiger charge is -2.26. The van der Waals surface area contributed by atoms with Gasteiger partial charge in [-0.15, -0.1) is 24.0 Å². The summed E-state index contributed by atoms with van der Waals surface area (Å²) in [6, 6.07) is 6.38. The molecule has 182 valence electrons. The zero-order chi connectivity index (χ0) is 22.6. The van der Waals surface area contributed by atoms with Gasteiger partial charge < -0.3 is 25.0 Å². The number of hydrogen-bond donors (Lipinski definition) is 2. The molecule has 1 aromatic carbocycles. The van der Waals surface area contributed by atoms with Crippen molar-refractivity contribution in [2.75, 3.05) is 32.8 Å². The summed E-state index contributed by atoms with van der Waals surface area (Å²) < 4.78 is 11.4. The summed E-state index contributed by atoms with van der Waals surface area (Å²) in [7, 11) is 0. The molecule has 1 heterocycles. The Morgan fingerprint density at radius 1 is 1.16 bits per heavy atom. The number of aliphatic imine (C=N–C) groups is 1. The van der Waals surface area contributed by atoms with Gasteiger partial charge in [-0.3, -0.25) is 9.79 Å². The molecule has 0 aliphatic carbocycles. The number of benzene rings is 1. The Bertz CT molecular complexity index is 729. The lowest BCUT2D eigenvalue weighted by Crippen LogP contribution is -2.39. The number of hydrogen-bond acceptors (Lipinski definition) is 4. The summed E-state index contributed by atoms with van der Waals surface area (Å²) in [4.78, 5) is 18.9. The van der Waals surface area contributed by atoms with Crippen molar-refractivity contribution in [2.45, 2.75) is 72.4 Å². The third kappa shape index (κ3) is 8.33. The van der Waals surface area contributed by atoms with Crippen molar-refractivity contribution in [1.82, 2.24) is 15.5 Å². The highest BCUT2D eigenvalue weighted by atomic mass is 127. The van der Waals surface area contributed by atoms with Crippen molar-refractivity contribution in [3.8, 4) is 11.5 Å². The van der Waals surface area contributed by atoms with Crippen LogP contribution in [0.2, 0.25) is 0 Å². The molecule has 1 aliphatic heterocycles. The van der Waals surface area contributed by atoms with Crippen LogP contribution in [-0.4, -0.2) is 55.7 Å². The summed E-state index contributed by atoms with van der Waals surface area (Å²) >= 11 is 0. The molecule has 0 saturated carbocycles. The Labute approximate surface area is 210 Å². The molecule has 2 atom stereocenters. The first-order valence-electron chi connectivity index (χ1n) is 11.8. The van der Waals surface area contributed by atoms with Crippen LogP contribution >= 0.6 is 24.0 Å². The highest BCUT2D eigenvalue weighted by Crippen LogP contribution is 2.30. The van der Waals surface area contributed by atoms with Crippen molar-refractivity contribution < 1.29 is 14.3 Å². The number of likely N-dealkylation sites (tertiary alicyclic amines) is 1. The second-order valence-electron chi connectivity index (χ2n) is 7.74. The third-order valence-corrected chi connectivity index (χ3v) is 5.52. The molecule has 2 rings (SSSR count). The molecule has 1 amide bonds. The van der Waals surface area contributed by atoms with Gasteiger partial charge in [0.25, 0.3) is 0 Å². The van der Waals surface area contributed by atoms with Gasteiger partial charge in [-0.25, -0.2) is 0 Å². The van der Waals surface area contributed by atoms with Gasteiger partial charge in [-0.2, -0.15) is 0 Å². The van der Waals surface area contributed by atoms with Crippen molar-refractivity contribution >= 4 is 35.8 Å². The number of carbonyl (C=O) groups is 1. The highest BCUT2D eigenvalue weighted by Gasteiger charge is 2.26. The smallest absolute Gasteiger partial charge is 0.222 e. The predicted molar refractivity (Wildman–Crippen MR) is 141 cm³/mol. The minimum atomic E-state index is 0. The normalized spacial score (nSPS) is 15.7. The largest absolute Gasteiger partial charge is 0.490 e. The Morgan fingerprint density at radius 2 is 1.88 bits per heavy atom. The zero-order valence-corrected chi connectivity index (χ0v) is 22.6. The van der Waals surface area contributed by atoms with Crippen LogP contribution in [0.3, 0.4) is 0 Å². The summed E-state index contributed by atoms with van der Waals surface area (Å²) in [5.41, 5.74) is 1.10. The lowest BCUT2D eigenvalue weighted by molar-refractivity contribution is -0.129. The van der Waals surface area contributed by atoms with E-state index in [4.69, 9.17) is 14.5 Å². The van der Waals surface area contributed by atoms with E-state index >= 15 is 0 Å². The van der Waals surface area contributed by atoms with Crippen LogP contribution in [0.1, 0.15) is 71.9 Å². The van der Waals surface area contributed by atoms with Crippen LogP contribution in [-0.2, 0) is 4.79 Å². The van der Waals surface area contributed by atoms with Gasteiger partial charge >= 0.3 is 0 Å². The van der Waals surface area contributed by atoms with E-state index in [1.54, 1.807) is 0 Å². The Kier molecular flexibility index (Phi) is 13.4. The Hall–Kier alpha value is -1.71. The summed E-state index contributed by atoms with van der Waals surface area (Å²) in [5.74, 6) is 2.60. The summed E-state index contributed by atoms with van der Waals surface area (Å²) in [5, 5.41) is 6.81. The number of amides is 1. The van der Waals surface area contributed by atoms with Gasteiger partial charge in [0.05, 0.1) is 19.3 Å². The van der Waals surface area contributed by atoms with Crippen molar-refractivity contribution in [3.63, 3.8) is 0 Å². The van der Waals surface area contributed by atoms with E-state index in [1.165, 1.54) is 0 Å². The van der Waals surface area contributed by atoms with Gasteiger partial charge in [-0.1, -0.05) is 13.0 Å². The van der Waals surface area contributed by atoms with Crippen molar-refractivity contribution in [3.05, 3.63) is 23.8 Å². The van der Waals surface area contributed by atoms with Gasteiger partial charge in [0.15, 0.2) is 17.5 Å². The maximum Gasteiger partial charge on any atom is 0.222 e. The van der Waals surface area contributed by atoms with E-state index in [2.05, 4.69) is 37.5 Å². The Balaban J connectivity index is 0.00000512. The molecule has 0 bridgehead atoms. The molecule has 2 N–H and O–H groups in total. The fourth-order valence-electron chi connectivity index (χ4n) is 3.91. The lowest BCUT2D eigenvalue weighted by atomic mass is 10.1. The monoisotopic (exact) mass is 560 g/mol. The second-order valence-corrected chi connectivity index (χ2v) is 7.74. The molecule has 1 fully saturated rings. The number of guanidine groups is 1. The minimum Gasteiger partial charge on any atom is -0.490 e. The molecule has 7 nitrogen and oxygen atoms in total. The van der Waals surface area contributed by atoms with Crippen molar-refractivity contribution in [2.24, 2.45) is 4.99 Å². The fraction of sp³-hybridized carbons (Fsp3) is 0.667. The van der Waals surface area contributed by atoms with E-state index in [9.17, 15) is 4.79 Å². The fourth-order valence-corrected chi connectivity index (χ4v) is 3.91.